The van der Waals surface area contributed by atoms with Crippen molar-refractivity contribution in [3.05, 3.63) is 71.8 Å². The fourth-order valence-electron chi connectivity index (χ4n) is 8.67. The molecule has 1 spiro atoms. The predicted octanol–water partition coefficient (Wildman–Crippen LogP) is 7.37. The average molecular weight is 623 g/mol. The number of hydrogen-bond donors (Lipinski definition) is 0. The Labute approximate surface area is 260 Å². The van der Waals surface area contributed by atoms with Crippen molar-refractivity contribution in [2.75, 3.05) is 13.2 Å². The van der Waals surface area contributed by atoms with Gasteiger partial charge < -0.3 is 18.3 Å². The molecule has 0 radical (unpaired) electrons. The van der Waals surface area contributed by atoms with Crippen LogP contribution in [0.2, 0.25) is 39.3 Å². The summed E-state index contributed by atoms with van der Waals surface area (Å²) in [5.41, 5.74) is 0.950. The number of ketones is 1. The lowest BCUT2D eigenvalue weighted by Crippen LogP contribution is -2.64. The third-order valence-electron chi connectivity index (χ3n) is 10.00. The highest BCUT2D eigenvalue weighted by Crippen LogP contribution is 2.73. The van der Waals surface area contributed by atoms with E-state index in [0.29, 0.717) is 18.8 Å². The molecule has 8 heteroatoms. The van der Waals surface area contributed by atoms with E-state index in [9.17, 15) is 9.59 Å². The molecule has 2 aromatic rings. The number of rotatable bonds is 11. The van der Waals surface area contributed by atoms with Crippen molar-refractivity contribution in [3.63, 3.8) is 0 Å². The van der Waals surface area contributed by atoms with Crippen molar-refractivity contribution in [1.29, 1.82) is 0 Å². The molecule has 0 N–H and O–H groups in total. The number of fused-ring (bicyclic) bond motifs is 1. The van der Waals surface area contributed by atoms with Crippen molar-refractivity contribution >= 4 is 28.4 Å². The minimum absolute atomic E-state index is 0.120. The third-order valence-corrected chi connectivity index (χ3v) is 11.9. The van der Waals surface area contributed by atoms with Crippen LogP contribution in [-0.2, 0) is 29.7 Å². The van der Waals surface area contributed by atoms with Crippen LogP contribution in [0.1, 0.15) is 42.6 Å². The summed E-state index contributed by atoms with van der Waals surface area (Å²) in [5, 5.41) is 0. The Bertz CT molecular complexity index is 1280. The van der Waals surface area contributed by atoms with Crippen LogP contribution in [0, 0.1) is 34.5 Å². The quantitative estimate of drug-likeness (QED) is 0.193. The van der Waals surface area contributed by atoms with Crippen LogP contribution in [0.25, 0.3) is 0 Å². The molecule has 1 unspecified atom stereocenters. The van der Waals surface area contributed by atoms with E-state index < -0.39 is 28.2 Å². The number of esters is 1. The Morgan fingerprint density at radius 2 is 1.44 bits per heavy atom. The largest absolute Gasteiger partial charge is 0.462 e. The molecule has 3 aliphatic carbocycles. The lowest BCUT2D eigenvalue weighted by molar-refractivity contribution is -0.169. The molecule has 0 heterocycles. The molecule has 2 aromatic carbocycles. The highest BCUT2D eigenvalue weighted by Gasteiger charge is 2.78. The summed E-state index contributed by atoms with van der Waals surface area (Å²) in [4.78, 5) is 28.0. The molecule has 0 amide bonds. The number of carbonyl (C=O) groups is 2. The van der Waals surface area contributed by atoms with E-state index in [1.54, 1.807) is 12.1 Å². The highest BCUT2D eigenvalue weighted by atomic mass is 28.4. The normalized spacial score (nSPS) is 31.6. The van der Waals surface area contributed by atoms with Gasteiger partial charge in [0.05, 0.1) is 37.4 Å². The maximum atomic E-state index is 14.7. The van der Waals surface area contributed by atoms with Crippen LogP contribution in [0.5, 0.6) is 0 Å². The van der Waals surface area contributed by atoms with Crippen LogP contribution in [0.4, 0.5) is 0 Å². The number of benzene rings is 2. The second-order valence-corrected chi connectivity index (χ2v) is 24.3. The van der Waals surface area contributed by atoms with E-state index in [1.165, 1.54) is 0 Å². The molecule has 5 rings (SSSR count). The Kier molecular flexibility index (Phi) is 9.02. The maximum Gasteiger partial charge on any atom is 0.338 e. The SMILES string of the molecule is CC1(C)[C@H]2CC[C@H](COCc3ccccc3)[C@@]23C(O[Si](C)(C)C)[C@@H]1C(=O)[C@@H](O[Si](C)(C)C)[C@H]3COC(=O)c1ccccc1. The standard InChI is InChI=1S/C35H50O6Si2/c1-34(2)28-20-19-26(22-38-21-24-15-11-9-12-16-24)35(28)27(23-39-33(37)25-17-13-10-14-18-25)31(40-42(3,4)5)30(36)29(34)32(35)41-43(6,7)8/h9-18,26-29,31-32H,19-23H2,1-8H3/t26-,27-,28-,29+,31+,32?,35+/m1/s1. The van der Waals surface area contributed by atoms with Crippen LogP contribution in [-0.4, -0.2) is 53.8 Å². The van der Waals surface area contributed by atoms with Gasteiger partial charge in [0, 0.05) is 11.3 Å². The Morgan fingerprint density at radius 3 is 2.05 bits per heavy atom. The van der Waals surface area contributed by atoms with Gasteiger partial charge in [-0.2, -0.15) is 0 Å². The van der Waals surface area contributed by atoms with Gasteiger partial charge in [-0.25, -0.2) is 4.79 Å². The summed E-state index contributed by atoms with van der Waals surface area (Å²) in [6.07, 6.45) is 1.07. The molecular formula is C35H50O6Si2. The molecule has 0 aromatic heterocycles. The zero-order valence-corrected chi connectivity index (χ0v) is 29.2. The molecule has 6 nitrogen and oxygen atoms in total. The molecule has 3 aliphatic rings. The summed E-state index contributed by atoms with van der Waals surface area (Å²) < 4.78 is 26.6. The van der Waals surface area contributed by atoms with E-state index in [1.807, 2.05) is 36.4 Å². The Balaban J connectivity index is 1.58. The van der Waals surface area contributed by atoms with E-state index >= 15 is 0 Å². The van der Waals surface area contributed by atoms with E-state index in [0.717, 1.165) is 18.4 Å². The van der Waals surface area contributed by atoms with Gasteiger partial charge in [-0.05, 0) is 87.1 Å². The van der Waals surface area contributed by atoms with Crippen molar-refractivity contribution in [2.24, 2.45) is 34.5 Å². The Morgan fingerprint density at radius 1 is 0.837 bits per heavy atom. The summed E-state index contributed by atoms with van der Waals surface area (Å²) in [7, 11) is -4.25. The van der Waals surface area contributed by atoms with Crippen molar-refractivity contribution in [3.8, 4) is 0 Å². The highest BCUT2D eigenvalue weighted by molar-refractivity contribution is 6.70. The third kappa shape index (κ3) is 6.23. The van der Waals surface area contributed by atoms with Gasteiger partial charge in [0.15, 0.2) is 22.4 Å². The molecule has 3 fully saturated rings. The first-order chi connectivity index (χ1) is 20.2. The zero-order chi connectivity index (χ0) is 31.2. The van der Waals surface area contributed by atoms with Gasteiger partial charge in [0.2, 0.25) is 0 Å². The topological polar surface area (TPSA) is 71.1 Å². The van der Waals surface area contributed by atoms with Gasteiger partial charge >= 0.3 is 5.97 Å². The van der Waals surface area contributed by atoms with Gasteiger partial charge in [0.25, 0.3) is 0 Å². The van der Waals surface area contributed by atoms with Gasteiger partial charge in [-0.1, -0.05) is 62.4 Å². The second-order valence-electron chi connectivity index (χ2n) is 15.4. The van der Waals surface area contributed by atoms with E-state index in [4.69, 9.17) is 18.3 Å². The van der Waals surface area contributed by atoms with E-state index in [2.05, 4.69) is 65.3 Å². The molecule has 234 valence electrons. The minimum atomic E-state index is -2.16. The summed E-state index contributed by atoms with van der Waals surface area (Å²) >= 11 is 0. The summed E-state index contributed by atoms with van der Waals surface area (Å²) in [5.74, 6) is -0.477. The van der Waals surface area contributed by atoms with Gasteiger partial charge in [0.1, 0.15) is 6.10 Å². The summed E-state index contributed by atoms with van der Waals surface area (Å²) in [6, 6.07) is 19.4. The van der Waals surface area contributed by atoms with Gasteiger partial charge in [-0.15, -0.1) is 0 Å². The van der Waals surface area contributed by atoms with Crippen molar-refractivity contribution in [2.45, 2.75) is 84.8 Å². The van der Waals surface area contributed by atoms with Crippen LogP contribution in [0.15, 0.2) is 60.7 Å². The molecule has 0 aliphatic heterocycles. The molecular weight excluding hydrogens is 573 g/mol. The van der Waals surface area contributed by atoms with E-state index in [-0.39, 0.29) is 53.6 Å². The maximum absolute atomic E-state index is 14.7. The fourth-order valence-corrected chi connectivity index (χ4v) is 10.8. The number of hydrogen-bond acceptors (Lipinski definition) is 6. The van der Waals surface area contributed by atoms with Crippen molar-refractivity contribution < 1.29 is 27.9 Å². The molecule has 0 saturated heterocycles. The smallest absolute Gasteiger partial charge is 0.338 e. The number of ether oxygens (including phenoxy) is 2. The molecule has 3 saturated carbocycles. The fraction of sp³-hybridized carbons (Fsp3) is 0.600. The average Bonchev–Trinajstić information content (AvgIpc) is 3.37. The Hall–Kier alpha value is -2.11. The summed E-state index contributed by atoms with van der Waals surface area (Å²) in [6.45, 7) is 18.8. The first-order valence-electron chi connectivity index (χ1n) is 15.9. The van der Waals surface area contributed by atoms with Crippen LogP contribution in [0.3, 0.4) is 0 Å². The number of Topliss-reactive ketones (excluding diaryl/α,β-unsaturated/α-hetero) is 1. The molecule has 43 heavy (non-hydrogen) atoms. The van der Waals surface area contributed by atoms with Crippen molar-refractivity contribution in [1.82, 2.24) is 0 Å². The molecule has 7 atom stereocenters. The lowest BCUT2D eigenvalue weighted by atomic mass is 9.58. The molecule has 2 bridgehead atoms. The number of carbonyl (C=O) groups excluding carboxylic acids is 2. The second kappa shape index (κ2) is 12.0. The van der Waals surface area contributed by atoms with Crippen LogP contribution < -0.4 is 0 Å². The first-order valence-corrected chi connectivity index (χ1v) is 22.7. The first kappa shape index (κ1) is 32.3. The monoisotopic (exact) mass is 622 g/mol. The minimum Gasteiger partial charge on any atom is -0.462 e. The predicted molar refractivity (Wildman–Crippen MR) is 174 cm³/mol. The van der Waals surface area contributed by atoms with Gasteiger partial charge in [-0.3, -0.25) is 4.79 Å². The lowest BCUT2D eigenvalue weighted by Gasteiger charge is -2.54. The van der Waals surface area contributed by atoms with Crippen LogP contribution >= 0.6 is 0 Å². The zero-order valence-electron chi connectivity index (χ0n) is 27.2.